The molecule has 5 nitrogen and oxygen atoms in total. The van der Waals surface area contributed by atoms with E-state index in [4.69, 9.17) is 0 Å². The number of carbonyl (C=O) groups is 1. The Morgan fingerprint density at radius 2 is 2.14 bits per heavy atom. The van der Waals surface area contributed by atoms with Crippen molar-refractivity contribution in [1.29, 1.82) is 5.26 Å². The Bertz CT molecular complexity index is 555. The van der Waals surface area contributed by atoms with Crippen LogP contribution in [0.15, 0.2) is 0 Å². The number of amides is 1. The predicted octanol–water partition coefficient (Wildman–Crippen LogP) is 1.86. The molecule has 0 aliphatic carbocycles. The molecular weight excluding hydrogens is 284 g/mol. The topological polar surface area (TPSA) is 68.2 Å². The molecule has 1 aromatic heterocycles. The van der Waals surface area contributed by atoms with E-state index in [0.717, 1.165) is 36.4 Å². The van der Waals surface area contributed by atoms with Gasteiger partial charge in [0.25, 0.3) is 0 Å². The van der Waals surface area contributed by atoms with E-state index in [0.29, 0.717) is 23.2 Å². The van der Waals surface area contributed by atoms with Crippen LogP contribution in [0.2, 0.25) is 0 Å². The maximum atomic E-state index is 12.2. The predicted molar refractivity (Wildman–Crippen MR) is 85.7 cm³/mol. The van der Waals surface area contributed by atoms with Gasteiger partial charge in [0.15, 0.2) is 0 Å². The van der Waals surface area contributed by atoms with E-state index >= 15 is 0 Å². The summed E-state index contributed by atoms with van der Waals surface area (Å²) in [5, 5.41) is 16.1. The van der Waals surface area contributed by atoms with Gasteiger partial charge in [-0.05, 0) is 52.4 Å². The van der Waals surface area contributed by atoms with Crippen molar-refractivity contribution < 1.29 is 4.79 Å². The molecule has 1 aliphatic heterocycles. The molecule has 1 saturated heterocycles. The minimum atomic E-state index is -0.0474. The number of nitrogens with zero attached hydrogens (tertiary/aromatic N) is 2. The van der Waals surface area contributed by atoms with Crippen LogP contribution in [0.25, 0.3) is 0 Å². The summed E-state index contributed by atoms with van der Waals surface area (Å²) in [5.74, 6) is -0.0474. The highest BCUT2D eigenvalue weighted by Crippen LogP contribution is 2.31. The molecule has 21 heavy (non-hydrogen) atoms. The van der Waals surface area contributed by atoms with Gasteiger partial charge in [-0.25, -0.2) is 0 Å². The van der Waals surface area contributed by atoms with E-state index in [-0.39, 0.29) is 5.91 Å². The summed E-state index contributed by atoms with van der Waals surface area (Å²) < 4.78 is 0. The molecule has 1 aromatic rings. The zero-order chi connectivity index (χ0) is 15.4. The first-order valence-electron chi connectivity index (χ1n) is 7.23. The minimum absolute atomic E-state index is 0.0474. The minimum Gasteiger partial charge on any atom is -0.317 e. The third-order valence-electron chi connectivity index (χ3n) is 4.08. The third-order valence-corrected chi connectivity index (χ3v) is 5.20. The molecule has 6 heteroatoms. The number of likely N-dealkylation sites (N-methyl/N-ethyl adjacent to an activating group) is 1. The second-order valence-corrected chi connectivity index (χ2v) is 6.77. The van der Waals surface area contributed by atoms with Crippen LogP contribution in [0.4, 0.5) is 5.00 Å². The number of rotatable bonds is 4. The van der Waals surface area contributed by atoms with Crippen molar-refractivity contribution >= 4 is 22.2 Å². The average Bonchev–Trinajstić information content (AvgIpc) is 2.73. The van der Waals surface area contributed by atoms with Crippen molar-refractivity contribution in [1.82, 2.24) is 10.2 Å². The fraction of sp³-hybridized carbons (Fsp3) is 0.600. The maximum absolute atomic E-state index is 12.2. The first-order valence-corrected chi connectivity index (χ1v) is 8.05. The molecule has 0 atom stereocenters. The number of thiophene rings is 1. The summed E-state index contributed by atoms with van der Waals surface area (Å²) in [6.45, 7) is 6.28. The van der Waals surface area contributed by atoms with Gasteiger partial charge in [0.2, 0.25) is 5.91 Å². The number of anilines is 1. The number of nitrogens with one attached hydrogen (secondary N) is 2. The molecule has 1 aliphatic rings. The van der Waals surface area contributed by atoms with Gasteiger partial charge in [-0.1, -0.05) is 0 Å². The first-order chi connectivity index (χ1) is 10.0. The van der Waals surface area contributed by atoms with Gasteiger partial charge in [-0.2, -0.15) is 5.26 Å². The zero-order valence-corrected chi connectivity index (χ0v) is 13.6. The van der Waals surface area contributed by atoms with Gasteiger partial charge in [-0.3, -0.25) is 9.69 Å². The Hall–Kier alpha value is -1.42. The van der Waals surface area contributed by atoms with Gasteiger partial charge < -0.3 is 10.6 Å². The first kappa shape index (κ1) is 16.0. The Balaban J connectivity index is 1.95. The van der Waals surface area contributed by atoms with E-state index in [1.54, 1.807) is 0 Å². The molecule has 1 amide bonds. The molecule has 114 valence electrons. The molecule has 0 bridgehead atoms. The highest BCUT2D eigenvalue weighted by molar-refractivity contribution is 7.16. The molecule has 2 heterocycles. The third kappa shape index (κ3) is 3.82. The van der Waals surface area contributed by atoms with Crippen LogP contribution in [-0.4, -0.2) is 43.5 Å². The van der Waals surface area contributed by atoms with Gasteiger partial charge in [0.05, 0.1) is 12.1 Å². The summed E-state index contributed by atoms with van der Waals surface area (Å²) in [5.41, 5.74) is 1.56. The van der Waals surface area contributed by atoms with Crippen LogP contribution in [0.5, 0.6) is 0 Å². The van der Waals surface area contributed by atoms with Crippen molar-refractivity contribution in [2.24, 2.45) is 0 Å². The SMILES string of the molecule is Cc1sc(NC(=O)CN(C)C2CCNCC2)c(C#N)c1C. The normalized spacial score (nSPS) is 16.0. The number of piperidine rings is 1. The Labute approximate surface area is 129 Å². The molecule has 2 N–H and O–H groups in total. The largest absolute Gasteiger partial charge is 0.317 e. The van der Waals surface area contributed by atoms with E-state index in [2.05, 4.69) is 21.6 Å². The molecule has 0 radical (unpaired) electrons. The van der Waals surface area contributed by atoms with Crippen molar-refractivity contribution in [3.8, 4) is 6.07 Å². The summed E-state index contributed by atoms with van der Waals surface area (Å²) in [6.07, 6.45) is 2.15. The molecule has 0 unspecified atom stereocenters. The summed E-state index contributed by atoms with van der Waals surface area (Å²) in [4.78, 5) is 15.4. The number of hydrogen-bond donors (Lipinski definition) is 2. The van der Waals surface area contributed by atoms with Crippen LogP contribution in [0.1, 0.15) is 28.8 Å². The van der Waals surface area contributed by atoms with Crippen LogP contribution >= 0.6 is 11.3 Å². The van der Waals surface area contributed by atoms with Crippen molar-refractivity contribution in [2.45, 2.75) is 32.7 Å². The monoisotopic (exact) mass is 306 g/mol. The van der Waals surface area contributed by atoms with Gasteiger partial charge in [0, 0.05) is 10.9 Å². The van der Waals surface area contributed by atoms with Crippen LogP contribution in [-0.2, 0) is 4.79 Å². The molecule has 1 fully saturated rings. The van der Waals surface area contributed by atoms with E-state index in [9.17, 15) is 10.1 Å². The highest BCUT2D eigenvalue weighted by atomic mass is 32.1. The lowest BCUT2D eigenvalue weighted by atomic mass is 10.1. The maximum Gasteiger partial charge on any atom is 0.239 e. The number of aryl methyl sites for hydroxylation is 1. The van der Waals surface area contributed by atoms with Crippen molar-refractivity contribution in [2.75, 3.05) is 32.0 Å². The van der Waals surface area contributed by atoms with Gasteiger partial charge >= 0.3 is 0 Å². The van der Waals surface area contributed by atoms with E-state index in [1.165, 1.54) is 11.3 Å². The van der Waals surface area contributed by atoms with E-state index in [1.807, 2.05) is 20.9 Å². The second-order valence-electron chi connectivity index (χ2n) is 5.54. The second kappa shape index (κ2) is 7.03. The summed E-state index contributed by atoms with van der Waals surface area (Å²) >= 11 is 1.47. The zero-order valence-electron chi connectivity index (χ0n) is 12.8. The number of hydrogen-bond acceptors (Lipinski definition) is 5. The van der Waals surface area contributed by atoms with Crippen molar-refractivity contribution in [3.05, 3.63) is 16.0 Å². The van der Waals surface area contributed by atoms with Crippen molar-refractivity contribution in [3.63, 3.8) is 0 Å². The van der Waals surface area contributed by atoms with Crippen LogP contribution in [0.3, 0.4) is 0 Å². The summed E-state index contributed by atoms with van der Waals surface area (Å²) in [6, 6.07) is 2.64. The number of carbonyl (C=O) groups excluding carboxylic acids is 1. The quantitative estimate of drug-likeness (QED) is 0.891. The lowest BCUT2D eigenvalue weighted by Crippen LogP contribution is -2.44. The molecule has 0 spiro atoms. The molecular formula is C15H22N4OS. The van der Waals surface area contributed by atoms with Gasteiger partial charge in [-0.15, -0.1) is 11.3 Å². The lowest BCUT2D eigenvalue weighted by Gasteiger charge is -2.31. The van der Waals surface area contributed by atoms with E-state index < -0.39 is 0 Å². The van der Waals surface area contributed by atoms with Crippen LogP contribution in [0, 0.1) is 25.2 Å². The smallest absolute Gasteiger partial charge is 0.239 e. The lowest BCUT2D eigenvalue weighted by molar-refractivity contribution is -0.117. The highest BCUT2D eigenvalue weighted by Gasteiger charge is 2.21. The standard InChI is InChI=1S/C15H22N4OS/c1-10-11(2)21-15(13(10)8-16)18-14(20)9-19(3)12-4-6-17-7-5-12/h12,17H,4-7,9H2,1-3H3,(H,18,20). The fourth-order valence-electron chi connectivity index (χ4n) is 2.62. The van der Waals surface area contributed by atoms with Gasteiger partial charge in [0.1, 0.15) is 11.1 Å². The number of nitriles is 1. The summed E-state index contributed by atoms with van der Waals surface area (Å²) in [7, 11) is 1.99. The molecule has 0 saturated carbocycles. The Morgan fingerprint density at radius 1 is 1.48 bits per heavy atom. The Morgan fingerprint density at radius 3 is 2.76 bits per heavy atom. The molecule has 0 aromatic carbocycles. The average molecular weight is 306 g/mol. The fourth-order valence-corrected chi connectivity index (χ4v) is 3.65. The Kier molecular flexibility index (Phi) is 5.34. The molecule has 2 rings (SSSR count). The van der Waals surface area contributed by atoms with Crippen LogP contribution < -0.4 is 10.6 Å².